The van der Waals surface area contributed by atoms with E-state index in [0.717, 1.165) is 22.8 Å². The van der Waals surface area contributed by atoms with E-state index in [1.807, 2.05) is 30.5 Å². The highest BCUT2D eigenvalue weighted by Gasteiger charge is 2.17. The van der Waals surface area contributed by atoms with Crippen LogP contribution in [-0.4, -0.2) is 37.2 Å². The first-order chi connectivity index (χ1) is 14.0. The van der Waals surface area contributed by atoms with E-state index in [2.05, 4.69) is 15.5 Å². The van der Waals surface area contributed by atoms with Gasteiger partial charge in [0.1, 0.15) is 17.9 Å². The molecular weight excluding hydrogens is 373 g/mol. The molecule has 0 aliphatic heterocycles. The molecule has 146 valence electrons. The fourth-order valence-electron chi connectivity index (χ4n) is 3.25. The largest absolute Gasteiger partial charge is 0.485 e. The van der Waals surface area contributed by atoms with Crippen LogP contribution in [0.15, 0.2) is 60.9 Å². The fraction of sp³-hybridized carbons (Fsp3) is 0.143. The molecule has 29 heavy (non-hydrogen) atoms. The van der Waals surface area contributed by atoms with Crippen molar-refractivity contribution < 1.29 is 13.9 Å². The highest BCUT2D eigenvalue weighted by Crippen LogP contribution is 2.22. The zero-order valence-corrected chi connectivity index (χ0v) is 15.9. The molecule has 0 saturated heterocycles. The lowest BCUT2D eigenvalue weighted by atomic mass is 10.1. The van der Waals surface area contributed by atoms with Crippen LogP contribution in [-0.2, 0) is 0 Å². The lowest BCUT2D eigenvalue weighted by Crippen LogP contribution is -2.13. The number of Topliss-reactive ketones (excluding diaryl/α,β-unsaturated/α-hetero) is 1. The summed E-state index contributed by atoms with van der Waals surface area (Å²) in [6, 6.07) is 15.1. The summed E-state index contributed by atoms with van der Waals surface area (Å²) in [5, 5.41) is 11.0. The lowest BCUT2D eigenvalue weighted by Gasteiger charge is -2.10. The Balaban J connectivity index is 1.52. The Labute approximate surface area is 166 Å². The van der Waals surface area contributed by atoms with Crippen LogP contribution in [0.3, 0.4) is 0 Å². The number of halogens is 1. The number of aromatic nitrogens is 5. The summed E-state index contributed by atoms with van der Waals surface area (Å²) in [5.74, 6) is 0.0998. The molecule has 0 fully saturated rings. The number of carbonyl (C=O) groups excluding carboxylic acids is 1. The van der Waals surface area contributed by atoms with Crippen LogP contribution < -0.4 is 4.74 Å². The number of ether oxygens (including phenoxy) is 1. The molecule has 4 rings (SSSR count). The van der Waals surface area contributed by atoms with Crippen molar-refractivity contribution in [2.24, 2.45) is 0 Å². The first-order valence-electron chi connectivity index (χ1n) is 8.97. The first kappa shape index (κ1) is 18.5. The van der Waals surface area contributed by atoms with E-state index in [1.165, 1.54) is 23.1 Å². The van der Waals surface area contributed by atoms with E-state index in [9.17, 15) is 9.18 Å². The number of aryl methyl sites for hydroxylation is 1. The van der Waals surface area contributed by atoms with E-state index in [1.54, 1.807) is 30.3 Å². The van der Waals surface area contributed by atoms with Crippen LogP contribution in [0.4, 0.5) is 4.39 Å². The highest BCUT2D eigenvalue weighted by atomic mass is 19.1. The topological polar surface area (TPSA) is 74.8 Å². The van der Waals surface area contributed by atoms with Crippen LogP contribution in [0, 0.1) is 19.7 Å². The molecular formula is C21H18FN5O2. The third kappa shape index (κ3) is 3.77. The Hall–Kier alpha value is -3.81. The van der Waals surface area contributed by atoms with Crippen molar-refractivity contribution in [2.45, 2.75) is 13.8 Å². The van der Waals surface area contributed by atoms with E-state index in [0.29, 0.717) is 11.3 Å². The van der Waals surface area contributed by atoms with E-state index >= 15 is 0 Å². The number of benzene rings is 2. The van der Waals surface area contributed by atoms with Crippen molar-refractivity contribution in [2.75, 3.05) is 6.61 Å². The molecule has 8 heteroatoms. The van der Waals surface area contributed by atoms with Gasteiger partial charge in [-0.05, 0) is 66.7 Å². The number of ketones is 1. The van der Waals surface area contributed by atoms with Gasteiger partial charge in [0, 0.05) is 28.7 Å². The number of nitrogens with zero attached hydrogens (tertiary/aromatic N) is 5. The van der Waals surface area contributed by atoms with Crippen molar-refractivity contribution >= 4 is 5.78 Å². The molecule has 0 aliphatic carbocycles. The molecule has 0 amide bonds. The van der Waals surface area contributed by atoms with Crippen LogP contribution in [0.2, 0.25) is 0 Å². The molecule has 4 aromatic rings. The Kier molecular flexibility index (Phi) is 4.90. The normalized spacial score (nSPS) is 10.9. The second-order valence-corrected chi connectivity index (χ2v) is 6.56. The van der Waals surface area contributed by atoms with Gasteiger partial charge in [-0.25, -0.2) is 9.07 Å². The number of rotatable bonds is 6. The summed E-state index contributed by atoms with van der Waals surface area (Å²) in [6.45, 7) is 3.66. The minimum atomic E-state index is -0.301. The van der Waals surface area contributed by atoms with Crippen LogP contribution in [0.5, 0.6) is 5.75 Å². The van der Waals surface area contributed by atoms with Crippen molar-refractivity contribution in [3.63, 3.8) is 0 Å². The standard InChI is InChI=1S/C21H18FN5O2/c1-14-10-20(15(2)27(14)17-8-6-16(22)7-9-17)21(28)12-29-19-5-3-4-18(11-19)26-13-23-24-25-26/h3-11,13H,12H2,1-2H3. The van der Waals surface area contributed by atoms with Crippen molar-refractivity contribution in [3.8, 4) is 17.1 Å². The zero-order valence-electron chi connectivity index (χ0n) is 15.9. The predicted octanol–water partition coefficient (Wildman–Crippen LogP) is 3.47. The van der Waals surface area contributed by atoms with Gasteiger partial charge in [0.15, 0.2) is 6.61 Å². The van der Waals surface area contributed by atoms with Crippen molar-refractivity contribution in [3.05, 3.63) is 83.7 Å². The first-order valence-corrected chi connectivity index (χ1v) is 8.97. The second-order valence-electron chi connectivity index (χ2n) is 6.56. The SMILES string of the molecule is Cc1cc(C(=O)COc2cccc(-n3cnnn3)c2)c(C)n1-c1ccc(F)cc1. The maximum atomic E-state index is 13.2. The molecule has 2 aromatic carbocycles. The summed E-state index contributed by atoms with van der Waals surface area (Å²) < 4.78 is 22.3. The summed E-state index contributed by atoms with van der Waals surface area (Å²) in [5.41, 5.74) is 3.77. The van der Waals surface area contributed by atoms with E-state index in [-0.39, 0.29) is 18.2 Å². The minimum Gasteiger partial charge on any atom is -0.485 e. The van der Waals surface area contributed by atoms with Gasteiger partial charge >= 0.3 is 0 Å². The monoisotopic (exact) mass is 391 g/mol. The third-order valence-electron chi connectivity index (χ3n) is 4.62. The molecule has 0 saturated carbocycles. The van der Waals surface area contributed by atoms with Crippen molar-refractivity contribution in [1.29, 1.82) is 0 Å². The summed E-state index contributed by atoms with van der Waals surface area (Å²) in [4.78, 5) is 12.8. The molecule has 0 aliphatic rings. The number of tetrazole rings is 1. The Bertz CT molecular complexity index is 1150. The van der Waals surface area contributed by atoms with Gasteiger partial charge in [0.05, 0.1) is 5.69 Å². The molecule has 0 N–H and O–H groups in total. The average molecular weight is 391 g/mol. The molecule has 0 atom stereocenters. The van der Waals surface area contributed by atoms with Gasteiger partial charge in [0.25, 0.3) is 0 Å². The van der Waals surface area contributed by atoms with Crippen LogP contribution in [0.25, 0.3) is 11.4 Å². The Morgan fingerprint density at radius 3 is 2.59 bits per heavy atom. The molecule has 0 unspecified atom stereocenters. The highest BCUT2D eigenvalue weighted by molar-refractivity contribution is 5.98. The molecule has 2 heterocycles. The Morgan fingerprint density at radius 1 is 1.07 bits per heavy atom. The maximum Gasteiger partial charge on any atom is 0.202 e. The molecule has 7 nitrogen and oxygen atoms in total. The van der Waals surface area contributed by atoms with Gasteiger partial charge in [-0.1, -0.05) is 6.07 Å². The molecule has 0 spiro atoms. The number of hydrogen-bond acceptors (Lipinski definition) is 5. The fourth-order valence-corrected chi connectivity index (χ4v) is 3.25. The quantitative estimate of drug-likeness (QED) is 0.471. The van der Waals surface area contributed by atoms with Gasteiger partial charge in [0.2, 0.25) is 5.78 Å². The summed E-state index contributed by atoms with van der Waals surface area (Å²) >= 11 is 0. The van der Waals surface area contributed by atoms with Gasteiger partial charge in [-0.15, -0.1) is 5.10 Å². The third-order valence-corrected chi connectivity index (χ3v) is 4.62. The van der Waals surface area contributed by atoms with Crippen molar-refractivity contribution in [1.82, 2.24) is 24.8 Å². The van der Waals surface area contributed by atoms with E-state index < -0.39 is 0 Å². The summed E-state index contributed by atoms with van der Waals surface area (Å²) in [6.07, 6.45) is 1.48. The Morgan fingerprint density at radius 2 is 1.86 bits per heavy atom. The van der Waals surface area contributed by atoms with Gasteiger partial charge in [-0.3, -0.25) is 4.79 Å². The lowest BCUT2D eigenvalue weighted by molar-refractivity contribution is 0.0921. The maximum absolute atomic E-state index is 13.2. The molecule has 0 bridgehead atoms. The van der Waals surface area contributed by atoms with Gasteiger partial charge < -0.3 is 9.30 Å². The smallest absolute Gasteiger partial charge is 0.202 e. The van der Waals surface area contributed by atoms with Gasteiger partial charge in [-0.2, -0.15) is 0 Å². The van der Waals surface area contributed by atoms with Crippen LogP contribution >= 0.6 is 0 Å². The number of hydrogen-bond donors (Lipinski definition) is 0. The summed E-state index contributed by atoms with van der Waals surface area (Å²) in [7, 11) is 0. The molecule has 0 radical (unpaired) electrons. The zero-order chi connectivity index (χ0) is 20.4. The van der Waals surface area contributed by atoms with Crippen LogP contribution in [0.1, 0.15) is 21.7 Å². The second kappa shape index (κ2) is 7.67. The predicted molar refractivity (Wildman–Crippen MR) is 104 cm³/mol. The molecule has 2 aromatic heterocycles. The average Bonchev–Trinajstić information content (AvgIpc) is 3.36. The number of carbonyl (C=O) groups is 1. The van der Waals surface area contributed by atoms with E-state index in [4.69, 9.17) is 4.74 Å². The minimum absolute atomic E-state index is 0.104.